The van der Waals surface area contributed by atoms with Crippen molar-refractivity contribution in [3.63, 3.8) is 0 Å². The smallest absolute Gasteiger partial charge is 0.106 e. The lowest BCUT2D eigenvalue weighted by Gasteiger charge is -2.13. The quantitative estimate of drug-likeness (QED) is 0.797. The Morgan fingerprint density at radius 1 is 1.21 bits per heavy atom. The van der Waals surface area contributed by atoms with Gasteiger partial charge in [-0.3, -0.25) is 0 Å². The topological polar surface area (TPSA) is 25.2 Å². The maximum absolute atomic E-state index is 5.61. The summed E-state index contributed by atoms with van der Waals surface area (Å²) in [4.78, 5) is 0. The molecule has 0 amide bonds. The largest absolute Gasteiger partial charge is 0.466 e. The van der Waals surface area contributed by atoms with Crippen LogP contribution in [0.15, 0.2) is 4.42 Å². The SMILES string of the molecule is CCCNC(C)c1c(C)oc(C)c1C. The summed E-state index contributed by atoms with van der Waals surface area (Å²) in [6.45, 7) is 11.6. The summed E-state index contributed by atoms with van der Waals surface area (Å²) in [5.74, 6) is 2.10. The van der Waals surface area contributed by atoms with Crippen LogP contribution in [0.5, 0.6) is 0 Å². The molecule has 0 aliphatic heterocycles. The third-order valence-corrected chi connectivity index (χ3v) is 2.75. The number of rotatable bonds is 4. The van der Waals surface area contributed by atoms with Crippen LogP contribution < -0.4 is 5.32 Å². The first kappa shape index (κ1) is 11.3. The minimum absolute atomic E-state index is 0.396. The van der Waals surface area contributed by atoms with E-state index in [2.05, 4.69) is 26.1 Å². The summed E-state index contributed by atoms with van der Waals surface area (Å²) >= 11 is 0. The fourth-order valence-electron chi connectivity index (χ4n) is 1.91. The fraction of sp³-hybridized carbons (Fsp3) is 0.667. The molecule has 0 spiro atoms. The van der Waals surface area contributed by atoms with E-state index >= 15 is 0 Å². The summed E-state index contributed by atoms with van der Waals surface area (Å²) in [5, 5.41) is 3.48. The van der Waals surface area contributed by atoms with Gasteiger partial charge in [0.2, 0.25) is 0 Å². The second-order valence-corrected chi connectivity index (χ2v) is 3.93. The molecule has 80 valence electrons. The highest BCUT2D eigenvalue weighted by molar-refractivity contribution is 5.33. The molecule has 1 unspecified atom stereocenters. The van der Waals surface area contributed by atoms with Crippen molar-refractivity contribution < 1.29 is 4.42 Å². The molecule has 0 fully saturated rings. The van der Waals surface area contributed by atoms with Crippen LogP contribution in [0.1, 0.15) is 49.0 Å². The molecule has 0 bridgehead atoms. The molecule has 0 aliphatic carbocycles. The highest BCUT2D eigenvalue weighted by Crippen LogP contribution is 2.26. The van der Waals surface area contributed by atoms with Crippen LogP contribution in [-0.2, 0) is 0 Å². The number of hydrogen-bond acceptors (Lipinski definition) is 2. The molecule has 1 heterocycles. The second-order valence-electron chi connectivity index (χ2n) is 3.93. The van der Waals surface area contributed by atoms with Crippen LogP contribution in [0.2, 0.25) is 0 Å². The molecule has 14 heavy (non-hydrogen) atoms. The monoisotopic (exact) mass is 195 g/mol. The van der Waals surface area contributed by atoms with Gasteiger partial charge in [-0.1, -0.05) is 6.92 Å². The van der Waals surface area contributed by atoms with Crippen molar-refractivity contribution in [1.29, 1.82) is 0 Å². The average Bonchev–Trinajstić information content (AvgIpc) is 2.38. The van der Waals surface area contributed by atoms with E-state index < -0.39 is 0 Å². The Morgan fingerprint density at radius 3 is 2.29 bits per heavy atom. The molecule has 0 saturated carbocycles. The molecule has 2 nitrogen and oxygen atoms in total. The van der Waals surface area contributed by atoms with Crippen molar-refractivity contribution in [2.45, 2.75) is 47.1 Å². The standard InChI is InChI=1S/C12H21NO/c1-6-7-13-9(3)12-8(2)10(4)14-11(12)5/h9,13H,6-7H2,1-5H3. The fourth-order valence-corrected chi connectivity index (χ4v) is 1.91. The van der Waals surface area contributed by atoms with Gasteiger partial charge in [0.1, 0.15) is 11.5 Å². The van der Waals surface area contributed by atoms with Crippen LogP contribution in [0.25, 0.3) is 0 Å². The van der Waals surface area contributed by atoms with Gasteiger partial charge in [0, 0.05) is 11.6 Å². The number of aryl methyl sites for hydroxylation is 2. The van der Waals surface area contributed by atoms with Gasteiger partial charge in [-0.05, 0) is 46.2 Å². The number of nitrogens with one attached hydrogen (secondary N) is 1. The van der Waals surface area contributed by atoms with Crippen molar-refractivity contribution in [2.75, 3.05) is 6.54 Å². The molecular weight excluding hydrogens is 174 g/mol. The predicted octanol–water partition coefficient (Wildman–Crippen LogP) is 3.27. The van der Waals surface area contributed by atoms with Gasteiger partial charge >= 0.3 is 0 Å². The van der Waals surface area contributed by atoms with E-state index in [1.54, 1.807) is 0 Å². The molecule has 0 radical (unpaired) electrons. The first-order valence-corrected chi connectivity index (χ1v) is 5.37. The zero-order valence-corrected chi connectivity index (χ0v) is 9.90. The summed E-state index contributed by atoms with van der Waals surface area (Å²) in [7, 11) is 0. The molecule has 0 saturated heterocycles. The van der Waals surface area contributed by atoms with Gasteiger partial charge in [0.05, 0.1) is 0 Å². The molecule has 1 aromatic heterocycles. The van der Waals surface area contributed by atoms with Crippen LogP contribution >= 0.6 is 0 Å². The van der Waals surface area contributed by atoms with Crippen molar-refractivity contribution in [3.05, 3.63) is 22.6 Å². The van der Waals surface area contributed by atoms with Gasteiger partial charge in [0.25, 0.3) is 0 Å². The van der Waals surface area contributed by atoms with E-state index in [1.165, 1.54) is 17.5 Å². The Hall–Kier alpha value is -0.760. The molecule has 1 aromatic rings. The van der Waals surface area contributed by atoms with Crippen molar-refractivity contribution >= 4 is 0 Å². The van der Waals surface area contributed by atoms with Crippen LogP contribution in [0, 0.1) is 20.8 Å². The lowest BCUT2D eigenvalue weighted by Crippen LogP contribution is -2.20. The Morgan fingerprint density at radius 2 is 1.86 bits per heavy atom. The highest BCUT2D eigenvalue weighted by Gasteiger charge is 2.16. The lowest BCUT2D eigenvalue weighted by atomic mass is 10.0. The van der Waals surface area contributed by atoms with E-state index in [0.29, 0.717) is 6.04 Å². The lowest BCUT2D eigenvalue weighted by molar-refractivity contribution is 0.489. The van der Waals surface area contributed by atoms with E-state index in [-0.39, 0.29) is 0 Å². The Kier molecular flexibility index (Phi) is 3.76. The molecular formula is C12H21NO. The van der Waals surface area contributed by atoms with Crippen LogP contribution in [-0.4, -0.2) is 6.54 Å². The highest BCUT2D eigenvalue weighted by atomic mass is 16.3. The second kappa shape index (κ2) is 4.65. The first-order chi connectivity index (χ1) is 6.57. The zero-order valence-electron chi connectivity index (χ0n) is 9.90. The van der Waals surface area contributed by atoms with Crippen molar-refractivity contribution in [1.82, 2.24) is 5.32 Å². The molecule has 1 atom stereocenters. The normalized spacial score (nSPS) is 13.2. The summed E-state index contributed by atoms with van der Waals surface area (Å²) in [6, 6.07) is 0.396. The Labute approximate surface area is 86.7 Å². The maximum atomic E-state index is 5.61. The van der Waals surface area contributed by atoms with Gasteiger partial charge in [0.15, 0.2) is 0 Å². The summed E-state index contributed by atoms with van der Waals surface area (Å²) in [5.41, 5.74) is 2.62. The maximum Gasteiger partial charge on any atom is 0.106 e. The van der Waals surface area contributed by atoms with Gasteiger partial charge < -0.3 is 9.73 Å². The van der Waals surface area contributed by atoms with Crippen LogP contribution in [0.3, 0.4) is 0 Å². The van der Waals surface area contributed by atoms with E-state index in [4.69, 9.17) is 4.42 Å². The van der Waals surface area contributed by atoms with E-state index in [1.807, 2.05) is 13.8 Å². The van der Waals surface area contributed by atoms with E-state index in [0.717, 1.165) is 18.1 Å². The molecule has 1 rings (SSSR count). The van der Waals surface area contributed by atoms with Gasteiger partial charge in [-0.25, -0.2) is 0 Å². The average molecular weight is 195 g/mol. The first-order valence-electron chi connectivity index (χ1n) is 5.37. The minimum atomic E-state index is 0.396. The third kappa shape index (κ3) is 2.18. The summed E-state index contributed by atoms with van der Waals surface area (Å²) < 4.78 is 5.61. The van der Waals surface area contributed by atoms with E-state index in [9.17, 15) is 0 Å². The Bertz CT molecular complexity index is 302. The molecule has 2 heteroatoms. The third-order valence-electron chi connectivity index (χ3n) is 2.75. The van der Waals surface area contributed by atoms with Crippen LogP contribution in [0.4, 0.5) is 0 Å². The minimum Gasteiger partial charge on any atom is -0.466 e. The summed E-state index contributed by atoms with van der Waals surface area (Å²) in [6.07, 6.45) is 1.17. The zero-order chi connectivity index (χ0) is 10.7. The molecule has 1 N–H and O–H groups in total. The number of furan rings is 1. The van der Waals surface area contributed by atoms with Gasteiger partial charge in [-0.2, -0.15) is 0 Å². The molecule has 0 aromatic carbocycles. The number of hydrogen-bond donors (Lipinski definition) is 1. The van der Waals surface area contributed by atoms with Crippen molar-refractivity contribution in [3.8, 4) is 0 Å². The van der Waals surface area contributed by atoms with Crippen molar-refractivity contribution in [2.24, 2.45) is 0 Å². The van der Waals surface area contributed by atoms with Gasteiger partial charge in [-0.15, -0.1) is 0 Å². The predicted molar refractivity (Wildman–Crippen MR) is 59.6 cm³/mol. The Balaban J connectivity index is 2.83. The molecule has 0 aliphatic rings.